The summed E-state index contributed by atoms with van der Waals surface area (Å²) in [5.74, 6) is -0.136. The Hall–Kier alpha value is -0.840. The number of aromatic nitrogens is 2. The Morgan fingerprint density at radius 1 is 1.47 bits per heavy atom. The molecule has 1 N–H and O–H groups in total. The van der Waals surface area contributed by atoms with Gasteiger partial charge in [-0.3, -0.25) is 9.48 Å². The minimum atomic E-state index is -0.136. The van der Waals surface area contributed by atoms with Gasteiger partial charge in [0.25, 0.3) is 5.91 Å². The van der Waals surface area contributed by atoms with Crippen LogP contribution in [0.15, 0.2) is 4.47 Å². The van der Waals surface area contributed by atoms with Crippen LogP contribution in [-0.4, -0.2) is 21.7 Å². The van der Waals surface area contributed by atoms with Crippen molar-refractivity contribution in [2.45, 2.75) is 40.7 Å². The van der Waals surface area contributed by atoms with Gasteiger partial charge in [-0.1, -0.05) is 20.8 Å². The van der Waals surface area contributed by atoms with Crippen LogP contribution in [0.4, 0.5) is 0 Å². The third-order valence-corrected chi connectivity index (χ3v) is 4.07. The van der Waals surface area contributed by atoms with Gasteiger partial charge in [0.15, 0.2) is 5.69 Å². The number of nitrogens with one attached hydrogen (secondary N) is 1. The predicted octanol–water partition coefficient (Wildman–Crippen LogP) is 2.66. The van der Waals surface area contributed by atoms with Gasteiger partial charge in [-0.2, -0.15) is 5.10 Å². The first kappa shape index (κ1) is 14.2. The smallest absolute Gasteiger partial charge is 0.273 e. The highest BCUT2D eigenvalue weighted by molar-refractivity contribution is 9.10. The molecule has 1 rings (SSSR count). The summed E-state index contributed by atoms with van der Waals surface area (Å²) in [6.07, 6.45) is 0. The van der Waals surface area contributed by atoms with Crippen LogP contribution in [-0.2, 0) is 7.05 Å². The minimum Gasteiger partial charge on any atom is -0.348 e. The minimum absolute atomic E-state index is 0.0337. The Morgan fingerprint density at radius 3 is 2.35 bits per heavy atom. The van der Waals surface area contributed by atoms with Crippen molar-refractivity contribution < 1.29 is 4.79 Å². The van der Waals surface area contributed by atoms with Gasteiger partial charge in [0, 0.05) is 13.1 Å². The van der Waals surface area contributed by atoms with E-state index >= 15 is 0 Å². The van der Waals surface area contributed by atoms with Crippen molar-refractivity contribution in [1.29, 1.82) is 0 Å². The van der Waals surface area contributed by atoms with Crippen LogP contribution in [0.3, 0.4) is 0 Å². The molecule has 5 heteroatoms. The normalized spacial score (nSPS) is 13.6. The standard InChI is InChI=1S/C12H20BrN3O/c1-7-9(13)10(15-16(7)6)11(17)14-8(2)12(3,4)5/h8H,1-6H3,(H,14,17)/t8-/m0/s1. The molecule has 1 atom stereocenters. The van der Waals surface area contributed by atoms with Crippen LogP contribution < -0.4 is 5.32 Å². The van der Waals surface area contributed by atoms with E-state index in [2.05, 4.69) is 47.1 Å². The highest BCUT2D eigenvalue weighted by Gasteiger charge is 2.25. The number of carbonyl (C=O) groups excluding carboxylic acids is 1. The Morgan fingerprint density at radius 2 is 2.00 bits per heavy atom. The lowest BCUT2D eigenvalue weighted by Crippen LogP contribution is -2.41. The van der Waals surface area contributed by atoms with Crippen molar-refractivity contribution in [3.05, 3.63) is 15.9 Å². The average Bonchev–Trinajstić information content (AvgIpc) is 2.44. The molecule has 0 aliphatic heterocycles. The molecule has 0 fully saturated rings. The summed E-state index contributed by atoms with van der Waals surface area (Å²) in [4.78, 5) is 12.1. The lowest BCUT2D eigenvalue weighted by molar-refractivity contribution is 0.0903. The van der Waals surface area contributed by atoms with Crippen molar-refractivity contribution in [2.24, 2.45) is 12.5 Å². The molecule has 1 heterocycles. The summed E-state index contributed by atoms with van der Waals surface area (Å²) in [7, 11) is 1.82. The lowest BCUT2D eigenvalue weighted by atomic mass is 9.88. The fourth-order valence-corrected chi connectivity index (χ4v) is 1.72. The fourth-order valence-electron chi connectivity index (χ4n) is 1.21. The van der Waals surface area contributed by atoms with Crippen molar-refractivity contribution in [3.63, 3.8) is 0 Å². The first-order valence-electron chi connectivity index (χ1n) is 5.64. The molecule has 0 unspecified atom stereocenters. The van der Waals surface area contributed by atoms with Crippen molar-refractivity contribution in [2.75, 3.05) is 0 Å². The number of aryl methyl sites for hydroxylation is 1. The molecule has 17 heavy (non-hydrogen) atoms. The quantitative estimate of drug-likeness (QED) is 0.913. The molecular formula is C12H20BrN3O. The lowest BCUT2D eigenvalue weighted by Gasteiger charge is -2.27. The first-order chi connectivity index (χ1) is 7.64. The van der Waals surface area contributed by atoms with Gasteiger partial charge in [0.1, 0.15) is 0 Å². The van der Waals surface area contributed by atoms with Crippen LogP contribution >= 0.6 is 15.9 Å². The fraction of sp³-hybridized carbons (Fsp3) is 0.667. The van der Waals surface area contributed by atoms with E-state index in [1.54, 1.807) is 4.68 Å². The largest absolute Gasteiger partial charge is 0.348 e. The van der Waals surface area contributed by atoms with E-state index < -0.39 is 0 Å². The van der Waals surface area contributed by atoms with Crippen molar-refractivity contribution in [1.82, 2.24) is 15.1 Å². The van der Waals surface area contributed by atoms with Gasteiger partial charge in [-0.25, -0.2) is 0 Å². The van der Waals surface area contributed by atoms with Gasteiger partial charge in [-0.15, -0.1) is 0 Å². The molecule has 0 aromatic carbocycles. The molecule has 4 nitrogen and oxygen atoms in total. The summed E-state index contributed by atoms with van der Waals surface area (Å²) >= 11 is 3.40. The third kappa shape index (κ3) is 3.09. The summed E-state index contributed by atoms with van der Waals surface area (Å²) in [6, 6.07) is 0.0872. The van der Waals surface area contributed by atoms with E-state index in [9.17, 15) is 4.79 Å². The summed E-state index contributed by atoms with van der Waals surface area (Å²) in [5.41, 5.74) is 1.42. The van der Waals surface area contributed by atoms with Gasteiger partial charge in [-0.05, 0) is 35.2 Å². The number of halogens is 1. The molecular weight excluding hydrogens is 282 g/mol. The third-order valence-electron chi connectivity index (χ3n) is 3.12. The monoisotopic (exact) mass is 301 g/mol. The number of hydrogen-bond donors (Lipinski definition) is 1. The first-order valence-corrected chi connectivity index (χ1v) is 6.44. The molecule has 96 valence electrons. The van der Waals surface area contributed by atoms with E-state index in [0.29, 0.717) is 5.69 Å². The van der Waals surface area contributed by atoms with E-state index in [0.717, 1.165) is 10.2 Å². The molecule has 1 aromatic rings. The zero-order valence-corrected chi connectivity index (χ0v) is 12.8. The number of amides is 1. The van der Waals surface area contributed by atoms with E-state index in [1.807, 2.05) is 20.9 Å². The predicted molar refractivity (Wildman–Crippen MR) is 72.0 cm³/mol. The second-order valence-electron chi connectivity index (χ2n) is 5.43. The van der Waals surface area contributed by atoms with Crippen LogP contribution in [0.2, 0.25) is 0 Å². The second kappa shape index (κ2) is 4.80. The molecule has 0 saturated carbocycles. The summed E-state index contributed by atoms with van der Waals surface area (Å²) < 4.78 is 2.46. The maximum absolute atomic E-state index is 12.1. The zero-order chi connectivity index (χ0) is 13.4. The maximum atomic E-state index is 12.1. The maximum Gasteiger partial charge on any atom is 0.273 e. The van der Waals surface area contributed by atoms with Gasteiger partial charge in [0.2, 0.25) is 0 Å². The van der Waals surface area contributed by atoms with E-state index in [4.69, 9.17) is 0 Å². The Kier molecular flexibility index (Phi) is 4.02. The molecule has 0 spiro atoms. The molecule has 0 aliphatic carbocycles. The van der Waals surface area contributed by atoms with Gasteiger partial charge >= 0.3 is 0 Å². The molecule has 0 radical (unpaired) electrons. The second-order valence-corrected chi connectivity index (χ2v) is 6.23. The van der Waals surface area contributed by atoms with Gasteiger partial charge < -0.3 is 5.32 Å². The van der Waals surface area contributed by atoms with Crippen LogP contribution in [0.25, 0.3) is 0 Å². The SMILES string of the molecule is Cc1c(Br)c(C(=O)N[C@@H](C)C(C)(C)C)nn1C. The van der Waals surface area contributed by atoms with E-state index in [-0.39, 0.29) is 17.4 Å². The Labute approximate surface area is 111 Å². The van der Waals surface area contributed by atoms with Gasteiger partial charge in [0.05, 0.1) is 10.2 Å². The summed E-state index contributed by atoms with van der Waals surface area (Å²) in [5, 5.41) is 7.18. The highest BCUT2D eigenvalue weighted by atomic mass is 79.9. The number of rotatable bonds is 2. The molecule has 1 aromatic heterocycles. The number of carbonyl (C=O) groups is 1. The molecule has 0 aliphatic rings. The Balaban J connectivity index is 2.88. The van der Waals surface area contributed by atoms with E-state index in [1.165, 1.54) is 0 Å². The van der Waals surface area contributed by atoms with Crippen molar-refractivity contribution >= 4 is 21.8 Å². The van der Waals surface area contributed by atoms with Crippen LogP contribution in [0, 0.1) is 12.3 Å². The molecule has 1 amide bonds. The number of hydrogen-bond acceptors (Lipinski definition) is 2. The summed E-state index contributed by atoms with van der Waals surface area (Å²) in [6.45, 7) is 10.2. The molecule has 0 bridgehead atoms. The topological polar surface area (TPSA) is 46.9 Å². The molecule has 0 saturated heterocycles. The highest BCUT2D eigenvalue weighted by Crippen LogP contribution is 2.22. The van der Waals surface area contributed by atoms with Crippen LogP contribution in [0.1, 0.15) is 43.9 Å². The van der Waals surface area contributed by atoms with Crippen LogP contribution in [0.5, 0.6) is 0 Å². The van der Waals surface area contributed by atoms with Crippen molar-refractivity contribution in [3.8, 4) is 0 Å². The average molecular weight is 302 g/mol. The zero-order valence-electron chi connectivity index (χ0n) is 11.3. The Bertz CT molecular complexity index is 432. The number of nitrogens with zero attached hydrogens (tertiary/aromatic N) is 2.